The molecule has 6 nitrogen and oxygen atoms in total. The van der Waals surface area contributed by atoms with Gasteiger partial charge in [0, 0.05) is 25.1 Å². The number of hydrogen-bond acceptors (Lipinski definition) is 4. The van der Waals surface area contributed by atoms with Crippen LogP contribution in [0.5, 0.6) is 0 Å². The van der Waals surface area contributed by atoms with Gasteiger partial charge in [-0.05, 0) is 31.4 Å². The minimum Gasteiger partial charge on any atom is -0.399 e. The number of amides is 1. The van der Waals surface area contributed by atoms with Crippen LogP contribution in [0.2, 0.25) is 0 Å². The second-order valence-corrected chi connectivity index (χ2v) is 5.72. The zero-order chi connectivity index (χ0) is 15.5. The fourth-order valence-electron chi connectivity index (χ4n) is 2.88. The van der Waals surface area contributed by atoms with E-state index in [1.807, 2.05) is 31.2 Å². The number of anilines is 1. The molecule has 0 radical (unpaired) electrons. The van der Waals surface area contributed by atoms with E-state index < -0.39 is 0 Å². The second kappa shape index (κ2) is 8.89. The summed E-state index contributed by atoms with van der Waals surface area (Å²) in [4.78, 5) is 12.1. The van der Waals surface area contributed by atoms with Gasteiger partial charge < -0.3 is 15.6 Å². The molecular weight excluding hydrogens is 349 g/mol. The summed E-state index contributed by atoms with van der Waals surface area (Å²) in [6.07, 6.45) is 3.13. The third-order valence-corrected chi connectivity index (χ3v) is 4.08. The highest BCUT2D eigenvalue weighted by atomic mass is 35.5. The van der Waals surface area contributed by atoms with E-state index in [9.17, 15) is 4.79 Å². The maximum Gasteiger partial charge on any atom is 0.220 e. The summed E-state index contributed by atoms with van der Waals surface area (Å²) in [6, 6.07) is 7.52. The fraction of sp³-hybridized carbons (Fsp3) is 0.438. The number of benzene rings is 1. The Morgan fingerprint density at radius 3 is 2.83 bits per heavy atom. The third kappa shape index (κ3) is 4.39. The lowest BCUT2D eigenvalue weighted by Crippen LogP contribution is -2.28. The van der Waals surface area contributed by atoms with Gasteiger partial charge in [0.25, 0.3) is 0 Å². The molecule has 1 aliphatic heterocycles. The Bertz CT molecular complexity index is 689. The first kappa shape index (κ1) is 20.3. The minimum atomic E-state index is -0.125. The average Bonchev–Trinajstić information content (AvgIpc) is 3.09. The molecular formula is C16H23Cl2N5O. The maximum atomic E-state index is 12.1. The molecule has 8 heteroatoms. The normalized spacial score (nSPS) is 13.4. The number of carbonyl (C=O) groups is 1. The Labute approximate surface area is 154 Å². The first-order valence-corrected chi connectivity index (χ1v) is 7.70. The summed E-state index contributed by atoms with van der Waals surface area (Å²) >= 11 is 0. The first-order valence-electron chi connectivity index (χ1n) is 7.70. The van der Waals surface area contributed by atoms with Crippen LogP contribution in [0.4, 0.5) is 5.69 Å². The summed E-state index contributed by atoms with van der Waals surface area (Å²) in [5, 5.41) is 11.4. The number of nitrogens with zero attached hydrogens (tertiary/aromatic N) is 3. The predicted molar refractivity (Wildman–Crippen MR) is 98.6 cm³/mol. The van der Waals surface area contributed by atoms with Gasteiger partial charge in [0.1, 0.15) is 5.82 Å². The first-order chi connectivity index (χ1) is 10.6. The number of nitrogens with one attached hydrogen (secondary N) is 1. The second-order valence-electron chi connectivity index (χ2n) is 5.72. The molecule has 2 heterocycles. The molecule has 0 fully saturated rings. The highest BCUT2D eigenvalue weighted by Crippen LogP contribution is 2.19. The van der Waals surface area contributed by atoms with Gasteiger partial charge in [-0.2, -0.15) is 0 Å². The molecule has 1 aliphatic rings. The van der Waals surface area contributed by atoms with Gasteiger partial charge in [-0.25, -0.2) is 0 Å². The largest absolute Gasteiger partial charge is 0.399 e. The van der Waals surface area contributed by atoms with Crippen molar-refractivity contribution < 1.29 is 4.79 Å². The van der Waals surface area contributed by atoms with Gasteiger partial charge in [-0.1, -0.05) is 18.2 Å². The standard InChI is InChI=1S/C16H21N5O.2ClH/c1-11(16-20-19-14-7-4-10-21(14)16)18-15(22)9-8-12-5-2-3-6-13(12)17;;/h2-3,5-6,11H,4,7-10,17H2,1H3,(H,18,22);2*1H. The smallest absolute Gasteiger partial charge is 0.220 e. The van der Waals surface area contributed by atoms with E-state index in [4.69, 9.17) is 5.73 Å². The number of halogens is 2. The summed E-state index contributed by atoms with van der Waals surface area (Å²) in [7, 11) is 0. The van der Waals surface area contributed by atoms with Gasteiger partial charge in [0.05, 0.1) is 6.04 Å². The molecule has 0 aliphatic carbocycles. The molecule has 3 rings (SSSR count). The average molecular weight is 372 g/mol. The molecule has 1 aromatic heterocycles. The molecule has 0 saturated carbocycles. The van der Waals surface area contributed by atoms with Crippen LogP contribution in [0.3, 0.4) is 0 Å². The van der Waals surface area contributed by atoms with Crippen LogP contribution in [0.15, 0.2) is 24.3 Å². The van der Waals surface area contributed by atoms with Crippen LogP contribution in [0.1, 0.15) is 43.0 Å². The van der Waals surface area contributed by atoms with E-state index >= 15 is 0 Å². The molecule has 3 N–H and O–H groups in total. The Balaban J connectivity index is 0.00000144. The summed E-state index contributed by atoms with van der Waals surface area (Å²) in [5.41, 5.74) is 7.64. The van der Waals surface area contributed by atoms with E-state index in [0.717, 1.165) is 42.3 Å². The third-order valence-electron chi connectivity index (χ3n) is 4.08. The highest BCUT2D eigenvalue weighted by molar-refractivity contribution is 5.85. The lowest BCUT2D eigenvalue weighted by Gasteiger charge is -2.14. The molecule has 1 unspecified atom stereocenters. The van der Waals surface area contributed by atoms with Crippen LogP contribution in [0, 0.1) is 0 Å². The van der Waals surface area contributed by atoms with Crippen molar-refractivity contribution in [2.75, 3.05) is 5.73 Å². The SMILES string of the molecule is CC(NC(=O)CCc1ccccc1N)c1nnc2n1CCC2.Cl.Cl. The maximum absolute atomic E-state index is 12.1. The predicted octanol–water partition coefficient (Wildman–Crippen LogP) is 2.46. The summed E-state index contributed by atoms with van der Waals surface area (Å²) < 4.78 is 2.11. The van der Waals surface area contributed by atoms with Crippen molar-refractivity contribution in [3.05, 3.63) is 41.5 Å². The summed E-state index contributed by atoms with van der Waals surface area (Å²) in [6.45, 7) is 2.89. The van der Waals surface area contributed by atoms with Crippen molar-refractivity contribution in [2.24, 2.45) is 0 Å². The lowest BCUT2D eigenvalue weighted by atomic mass is 10.1. The molecule has 0 saturated heterocycles. The Morgan fingerprint density at radius 1 is 1.33 bits per heavy atom. The Morgan fingerprint density at radius 2 is 2.08 bits per heavy atom. The van der Waals surface area contributed by atoms with Crippen LogP contribution >= 0.6 is 24.8 Å². The van der Waals surface area contributed by atoms with Gasteiger partial charge in [0.15, 0.2) is 5.82 Å². The molecule has 132 valence electrons. The van der Waals surface area contributed by atoms with Crippen molar-refractivity contribution in [3.8, 4) is 0 Å². The molecule has 0 spiro atoms. The number of rotatable bonds is 5. The monoisotopic (exact) mass is 371 g/mol. The van der Waals surface area contributed by atoms with Crippen LogP contribution in [-0.2, 0) is 24.2 Å². The van der Waals surface area contributed by atoms with E-state index in [2.05, 4.69) is 20.1 Å². The summed E-state index contributed by atoms with van der Waals surface area (Å²) in [5.74, 6) is 1.87. The van der Waals surface area contributed by atoms with E-state index in [1.165, 1.54) is 0 Å². The molecule has 1 aromatic carbocycles. The number of aromatic nitrogens is 3. The lowest BCUT2D eigenvalue weighted by molar-refractivity contribution is -0.121. The zero-order valence-corrected chi connectivity index (χ0v) is 15.2. The number of nitrogen functional groups attached to an aromatic ring is 1. The van der Waals surface area contributed by atoms with E-state index in [1.54, 1.807) is 0 Å². The van der Waals surface area contributed by atoms with Crippen LogP contribution < -0.4 is 11.1 Å². The highest BCUT2D eigenvalue weighted by Gasteiger charge is 2.22. The molecule has 24 heavy (non-hydrogen) atoms. The topological polar surface area (TPSA) is 85.8 Å². The quantitative estimate of drug-likeness (QED) is 0.790. The van der Waals surface area contributed by atoms with Crippen LogP contribution in [-0.4, -0.2) is 20.7 Å². The van der Waals surface area contributed by atoms with Crippen molar-refractivity contribution in [3.63, 3.8) is 0 Å². The van der Waals surface area contributed by atoms with Gasteiger partial charge in [-0.15, -0.1) is 35.0 Å². The number of nitrogens with two attached hydrogens (primary N) is 1. The van der Waals surface area contributed by atoms with Gasteiger partial charge in [-0.3, -0.25) is 4.79 Å². The number of para-hydroxylation sites is 1. The number of carbonyl (C=O) groups excluding carboxylic acids is 1. The molecule has 0 bridgehead atoms. The Kier molecular flexibility index (Phi) is 7.51. The van der Waals surface area contributed by atoms with Crippen LogP contribution in [0.25, 0.3) is 0 Å². The molecule has 1 amide bonds. The van der Waals surface area contributed by atoms with Crippen molar-refractivity contribution in [1.82, 2.24) is 20.1 Å². The number of fused-ring (bicyclic) bond motifs is 1. The van der Waals surface area contributed by atoms with E-state index in [0.29, 0.717) is 12.8 Å². The van der Waals surface area contributed by atoms with Crippen molar-refractivity contribution in [2.45, 2.75) is 45.2 Å². The van der Waals surface area contributed by atoms with Crippen molar-refractivity contribution in [1.29, 1.82) is 0 Å². The fourth-order valence-corrected chi connectivity index (χ4v) is 2.88. The molecule has 2 aromatic rings. The zero-order valence-electron chi connectivity index (χ0n) is 13.6. The van der Waals surface area contributed by atoms with Gasteiger partial charge >= 0.3 is 0 Å². The minimum absolute atomic E-state index is 0. The number of hydrogen-bond donors (Lipinski definition) is 2. The van der Waals surface area contributed by atoms with Gasteiger partial charge in [0.2, 0.25) is 5.91 Å². The Hall–Kier alpha value is -1.79. The van der Waals surface area contributed by atoms with Crippen molar-refractivity contribution >= 4 is 36.4 Å². The van der Waals surface area contributed by atoms with E-state index in [-0.39, 0.29) is 36.8 Å². The molecule has 1 atom stereocenters. The number of aryl methyl sites for hydroxylation is 2.